The number of nitrogens with one attached hydrogen (secondary N) is 1. The molecule has 0 aliphatic heterocycles. The zero-order valence-electron chi connectivity index (χ0n) is 8.38. The van der Waals surface area contributed by atoms with Crippen molar-refractivity contribution in [2.24, 2.45) is 0 Å². The number of hydrogen-bond acceptors (Lipinski definition) is 4. The van der Waals surface area contributed by atoms with E-state index in [1.54, 1.807) is 25.1 Å². The average molecular weight is 220 g/mol. The lowest BCUT2D eigenvalue weighted by Gasteiger charge is -2.03. The summed E-state index contributed by atoms with van der Waals surface area (Å²) < 4.78 is 1.29. The van der Waals surface area contributed by atoms with Crippen molar-refractivity contribution in [2.75, 3.05) is 0 Å². The van der Waals surface area contributed by atoms with Crippen molar-refractivity contribution >= 4 is 5.69 Å². The highest BCUT2D eigenvalue weighted by molar-refractivity contribution is 5.51. The summed E-state index contributed by atoms with van der Waals surface area (Å²) in [7, 11) is 0. The summed E-state index contributed by atoms with van der Waals surface area (Å²) in [6.07, 6.45) is 0. The third kappa shape index (κ3) is 1.58. The Kier molecular flexibility index (Phi) is 2.28. The molecule has 0 saturated heterocycles. The Morgan fingerprint density at radius 3 is 2.69 bits per heavy atom. The van der Waals surface area contributed by atoms with Gasteiger partial charge in [-0.3, -0.25) is 10.1 Å². The molecular weight excluding hydrogens is 212 g/mol. The highest BCUT2D eigenvalue weighted by Crippen LogP contribution is 2.21. The molecule has 2 rings (SSSR count). The van der Waals surface area contributed by atoms with Crippen LogP contribution in [-0.2, 0) is 0 Å². The fourth-order valence-electron chi connectivity index (χ4n) is 1.44. The van der Waals surface area contributed by atoms with Crippen LogP contribution in [0.3, 0.4) is 0 Å². The Labute approximate surface area is 89.5 Å². The van der Waals surface area contributed by atoms with Crippen LogP contribution in [0.25, 0.3) is 5.69 Å². The molecule has 0 fully saturated rings. The highest BCUT2D eigenvalue weighted by atomic mass is 16.6. The maximum Gasteiger partial charge on any atom is 0.361 e. The van der Waals surface area contributed by atoms with Gasteiger partial charge < -0.3 is 0 Å². The molecule has 82 valence electrons. The van der Waals surface area contributed by atoms with Gasteiger partial charge in [0, 0.05) is 6.07 Å². The third-order valence-corrected chi connectivity index (χ3v) is 2.11. The maximum atomic E-state index is 11.0. The van der Waals surface area contributed by atoms with Crippen LogP contribution in [0.4, 0.5) is 5.69 Å². The first-order chi connectivity index (χ1) is 7.59. The number of para-hydroxylation sites is 2. The van der Waals surface area contributed by atoms with Crippen molar-refractivity contribution < 1.29 is 4.92 Å². The normalized spacial score (nSPS) is 10.3. The summed E-state index contributed by atoms with van der Waals surface area (Å²) in [6.45, 7) is 1.59. The van der Waals surface area contributed by atoms with Crippen molar-refractivity contribution in [3.8, 4) is 5.69 Å². The van der Waals surface area contributed by atoms with Gasteiger partial charge in [0.15, 0.2) is 0 Å². The molecule has 1 aromatic carbocycles. The summed E-state index contributed by atoms with van der Waals surface area (Å²) in [4.78, 5) is 24.9. The smallest absolute Gasteiger partial charge is 0.258 e. The second-order valence-corrected chi connectivity index (χ2v) is 3.16. The van der Waals surface area contributed by atoms with Crippen LogP contribution in [-0.4, -0.2) is 19.7 Å². The monoisotopic (exact) mass is 220 g/mol. The van der Waals surface area contributed by atoms with Gasteiger partial charge in [-0.05, 0) is 13.0 Å². The van der Waals surface area contributed by atoms with Gasteiger partial charge in [0.2, 0.25) is 0 Å². The lowest BCUT2D eigenvalue weighted by molar-refractivity contribution is -0.384. The van der Waals surface area contributed by atoms with Crippen molar-refractivity contribution in [3.05, 3.63) is 50.7 Å². The molecular formula is C9H8N4O3. The van der Waals surface area contributed by atoms with E-state index in [0.717, 1.165) is 0 Å². The van der Waals surface area contributed by atoms with Crippen LogP contribution in [0.5, 0.6) is 0 Å². The second-order valence-electron chi connectivity index (χ2n) is 3.16. The number of aryl methyl sites for hydroxylation is 1. The van der Waals surface area contributed by atoms with E-state index in [2.05, 4.69) is 10.1 Å². The molecule has 0 aliphatic rings. The molecule has 2 aromatic rings. The molecule has 0 unspecified atom stereocenters. The van der Waals surface area contributed by atoms with Gasteiger partial charge in [-0.25, -0.2) is 14.6 Å². The molecule has 1 heterocycles. The SMILES string of the molecule is Cc1nc(=O)[nH]n1-c1ccccc1[N+](=O)[O-]. The predicted octanol–water partition coefficient (Wildman–Crippen LogP) is 0.777. The Bertz CT molecular complexity index is 599. The van der Waals surface area contributed by atoms with Crippen molar-refractivity contribution in [3.63, 3.8) is 0 Å². The zero-order valence-corrected chi connectivity index (χ0v) is 8.38. The number of hydrogen-bond donors (Lipinski definition) is 1. The van der Waals surface area contributed by atoms with E-state index < -0.39 is 10.6 Å². The summed E-state index contributed by atoms with van der Waals surface area (Å²) in [5.74, 6) is 0.374. The number of nitrogens with zero attached hydrogens (tertiary/aromatic N) is 3. The Morgan fingerprint density at radius 2 is 2.12 bits per heavy atom. The van der Waals surface area contributed by atoms with Crippen molar-refractivity contribution in [1.82, 2.24) is 14.8 Å². The van der Waals surface area contributed by atoms with Crippen molar-refractivity contribution in [2.45, 2.75) is 6.92 Å². The van der Waals surface area contributed by atoms with Crippen LogP contribution >= 0.6 is 0 Å². The van der Waals surface area contributed by atoms with E-state index >= 15 is 0 Å². The first-order valence-electron chi connectivity index (χ1n) is 4.49. The third-order valence-electron chi connectivity index (χ3n) is 2.11. The molecule has 1 aromatic heterocycles. The van der Waals surface area contributed by atoms with E-state index in [1.807, 2.05) is 0 Å². The molecule has 0 atom stereocenters. The Hall–Kier alpha value is -2.44. The fraction of sp³-hybridized carbons (Fsp3) is 0.111. The molecule has 0 radical (unpaired) electrons. The number of benzene rings is 1. The number of H-pyrrole nitrogens is 1. The first-order valence-corrected chi connectivity index (χ1v) is 4.49. The second kappa shape index (κ2) is 3.61. The van der Waals surface area contributed by atoms with Gasteiger partial charge in [-0.1, -0.05) is 12.1 Å². The van der Waals surface area contributed by atoms with Crippen LogP contribution in [0, 0.1) is 17.0 Å². The molecule has 0 spiro atoms. The molecule has 1 N–H and O–H groups in total. The first kappa shape index (κ1) is 10.1. The number of aromatic nitrogens is 3. The molecule has 0 aliphatic carbocycles. The zero-order chi connectivity index (χ0) is 11.7. The summed E-state index contributed by atoms with van der Waals surface area (Å²) >= 11 is 0. The topological polar surface area (TPSA) is 93.8 Å². The largest absolute Gasteiger partial charge is 0.361 e. The van der Waals surface area contributed by atoms with Crippen LogP contribution < -0.4 is 5.69 Å². The molecule has 7 heteroatoms. The standard InChI is InChI=1S/C9H8N4O3/c1-6-10-9(14)11-12(6)7-4-2-3-5-8(7)13(15)16/h2-5H,1H3,(H,11,14). The molecule has 0 amide bonds. The maximum absolute atomic E-state index is 11.0. The van der Waals surface area contributed by atoms with E-state index in [9.17, 15) is 14.9 Å². The highest BCUT2D eigenvalue weighted by Gasteiger charge is 2.16. The number of nitro benzene ring substituents is 1. The van der Waals surface area contributed by atoms with Gasteiger partial charge in [-0.2, -0.15) is 4.98 Å². The number of nitro groups is 1. The Morgan fingerprint density at radius 1 is 1.44 bits per heavy atom. The number of rotatable bonds is 2. The minimum atomic E-state index is -0.532. The van der Waals surface area contributed by atoms with Gasteiger partial charge in [0.1, 0.15) is 11.5 Å². The molecule has 0 saturated carbocycles. The van der Waals surface area contributed by atoms with Gasteiger partial charge in [0.05, 0.1) is 4.92 Å². The predicted molar refractivity (Wildman–Crippen MR) is 55.6 cm³/mol. The van der Waals surface area contributed by atoms with E-state index in [0.29, 0.717) is 11.5 Å². The lowest BCUT2D eigenvalue weighted by atomic mass is 10.3. The van der Waals surface area contributed by atoms with Crippen LogP contribution in [0.2, 0.25) is 0 Å². The van der Waals surface area contributed by atoms with E-state index in [1.165, 1.54) is 10.7 Å². The average Bonchev–Trinajstić information content (AvgIpc) is 2.57. The summed E-state index contributed by atoms with van der Waals surface area (Å²) in [5, 5.41) is 13.2. The van der Waals surface area contributed by atoms with Crippen LogP contribution in [0.15, 0.2) is 29.1 Å². The van der Waals surface area contributed by atoms with Gasteiger partial charge >= 0.3 is 5.69 Å². The van der Waals surface area contributed by atoms with Gasteiger partial charge in [-0.15, -0.1) is 0 Å². The summed E-state index contributed by atoms with van der Waals surface area (Å²) in [6, 6.07) is 6.13. The molecule has 16 heavy (non-hydrogen) atoms. The molecule has 7 nitrogen and oxygen atoms in total. The van der Waals surface area contributed by atoms with Crippen LogP contribution in [0.1, 0.15) is 5.82 Å². The van der Waals surface area contributed by atoms with E-state index in [4.69, 9.17) is 0 Å². The minimum Gasteiger partial charge on any atom is -0.258 e. The summed E-state index contributed by atoms with van der Waals surface area (Å²) in [5.41, 5.74) is -0.325. The fourth-order valence-corrected chi connectivity index (χ4v) is 1.44. The minimum absolute atomic E-state index is 0.0840. The van der Waals surface area contributed by atoms with Gasteiger partial charge in [0.25, 0.3) is 5.69 Å². The Balaban J connectivity index is 2.69. The lowest BCUT2D eigenvalue weighted by Crippen LogP contribution is -2.07. The number of aromatic amines is 1. The molecule has 0 bridgehead atoms. The van der Waals surface area contributed by atoms with Crippen molar-refractivity contribution in [1.29, 1.82) is 0 Å². The van der Waals surface area contributed by atoms with E-state index in [-0.39, 0.29) is 5.69 Å². The quantitative estimate of drug-likeness (QED) is 0.597.